The molecule has 146 valence electrons. The second kappa shape index (κ2) is 18.1. The summed E-state index contributed by atoms with van der Waals surface area (Å²) in [5.74, 6) is 0. The van der Waals surface area contributed by atoms with Gasteiger partial charge in [0.25, 0.3) is 0 Å². The van der Waals surface area contributed by atoms with Crippen LogP contribution in [0.15, 0.2) is 0 Å². The van der Waals surface area contributed by atoms with E-state index >= 15 is 0 Å². The van der Waals surface area contributed by atoms with Gasteiger partial charge in [0.05, 0.1) is 6.16 Å². The Hall–Kier alpha value is 0.310. The number of unbranched alkanes of at least 4 members (excludes halogenated alkanes) is 17. The minimum absolute atomic E-state index is 0.0499. The molecule has 0 fully saturated rings. The fourth-order valence-corrected chi connectivity index (χ4v) is 3.84. The van der Waals surface area contributed by atoms with E-state index in [-0.39, 0.29) is 6.16 Å². The quantitative estimate of drug-likeness (QED) is 0.244. The lowest BCUT2D eigenvalue weighted by molar-refractivity contribution is -0.331. The third-order valence-corrected chi connectivity index (χ3v) is 5.68. The molecule has 0 heterocycles. The summed E-state index contributed by atoms with van der Waals surface area (Å²) in [6, 6.07) is 0. The molecule has 0 saturated heterocycles. The van der Waals surface area contributed by atoms with Crippen LogP contribution in [0.1, 0.15) is 122 Å². The first-order valence-corrected chi connectivity index (χ1v) is 12.4. The van der Waals surface area contributed by atoms with Crippen molar-refractivity contribution in [3.63, 3.8) is 0 Å². The molecule has 0 bridgehead atoms. The monoisotopic (exact) mass is 361 g/mol. The molecule has 24 heavy (non-hydrogen) atoms. The molecule has 0 aliphatic heterocycles. The van der Waals surface area contributed by atoms with Crippen molar-refractivity contribution in [1.29, 1.82) is 0 Å². The smallest absolute Gasteiger partial charge is 0.0762 e. The van der Waals surface area contributed by atoms with E-state index in [1.165, 1.54) is 96.3 Å². The second-order valence-corrected chi connectivity index (χ2v) is 9.09. The van der Waals surface area contributed by atoms with E-state index in [9.17, 15) is 9.79 Å². The molecule has 0 aromatic carbocycles. The fourth-order valence-electron chi connectivity index (χ4n) is 3.21. The van der Waals surface area contributed by atoms with Crippen LogP contribution in [0.4, 0.5) is 0 Å². The van der Waals surface area contributed by atoms with Gasteiger partial charge in [0.1, 0.15) is 0 Å². The molecule has 4 heteroatoms. The average molecular weight is 362 g/mol. The lowest BCUT2D eigenvalue weighted by atomic mass is 10.0. The van der Waals surface area contributed by atoms with Gasteiger partial charge in [-0.3, -0.25) is 4.89 Å². The molecular formula is C20H42O3P-. The first-order chi connectivity index (χ1) is 11.6. The second-order valence-electron chi connectivity index (χ2n) is 7.37. The molecule has 0 aromatic heterocycles. The molecule has 0 rings (SSSR count). The molecule has 0 aromatic rings. The van der Waals surface area contributed by atoms with Crippen molar-refractivity contribution in [1.82, 2.24) is 0 Å². The highest BCUT2D eigenvalue weighted by Gasteiger charge is 2.05. The maximum atomic E-state index is 10.6. The van der Waals surface area contributed by atoms with Gasteiger partial charge < -0.3 is 9.79 Å². The van der Waals surface area contributed by atoms with E-state index in [1.54, 1.807) is 0 Å². The van der Waals surface area contributed by atoms with E-state index in [0.29, 0.717) is 6.42 Å². The third kappa shape index (κ3) is 22.3. The van der Waals surface area contributed by atoms with Crippen LogP contribution in [-0.2, 0) is 0 Å². The van der Waals surface area contributed by atoms with Crippen LogP contribution in [0.25, 0.3) is 0 Å². The largest absolute Gasteiger partial charge is 0.660 e. The molecular weight excluding hydrogens is 319 g/mol. The van der Waals surface area contributed by atoms with Crippen molar-refractivity contribution < 1.29 is 14.7 Å². The van der Waals surface area contributed by atoms with Gasteiger partial charge >= 0.3 is 0 Å². The predicted molar refractivity (Wildman–Crippen MR) is 103 cm³/mol. The average Bonchev–Trinajstić information content (AvgIpc) is 2.52. The Morgan fingerprint density at radius 3 is 1.00 bits per heavy atom. The van der Waals surface area contributed by atoms with Gasteiger partial charge in [-0.15, -0.1) is 0 Å². The highest BCUT2D eigenvalue weighted by molar-refractivity contribution is 7.55. The van der Waals surface area contributed by atoms with Gasteiger partial charge in [-0.25, -0.2) is 0 Å². The molecule has 0 aliphatic rings. The van der Waals surface area contributed by atoms with Crippen molar-refractivity contribution >= 4 is 7.94 Å². The summed E-state index contributed by atoms with van der Waals surface area (Å²) in [7, 11) is -4.01. The van der Waals surface area contributed by atoms with Crippen LogP contribution >= 0.6 is 7.94 Å². The zero-order chi connectivity index (χ0) is 17.9. The zero-order valence-corrected chi connectivity index (χ0v) is 17.0. The van der Waals surface area contributed by atoms with Crippen molar-refractivity contribution in [2.45, 2.75) is 122 Å². The lowest BCUT2D eigenvalue weighted by Gasteiger charge is -2.27. The summed E-state index contributed by atoms with van der Waals surface area (Å²) in [5.41, 5.74) is 0. The topological polar surface area (TPSA) is 66.3 Å². The molecule has 0 unspecified atom stereocenters. The van der Waals surface area contributed by atoms with E-state index in [4.69, 9.17) is 4.89 Å². The first kappa shape index (κ1) is 24.3. The molecule has 0 atom stereocenters. The number of hydrogen-bond acceptors (Lipinski definition) is 3. The van der Waals surface area contributed by atoms with Gasteiger partial charge in [-0.2, -0.15) is 0 Å². The van der Waals surface area contributed by atoms with E-state index in [2.05, 4.69) is 6.92 Å². The van der Waals surface area contributed by atoms with Crippen LogP contribution < -0.4 is 9.79 Å². The fraction of sp³-hybridized carbons (Fsp3) is 1.00. The zero-order valence-electron chi connectivity index (χ0n) is 16.1. The Morgan fingerprint density at radius 2 is 0.750 bits per heavy atom. The minimum Gasteiger partial charge on any atom is -0.660 e. The molecule has 0 spiro atoms. The Kier molecular flexibility index (Phi) is 18.3. The Morgan fingerprint density at radius 1 is 0.500 bits per heavy atom. The van der Waals surface area contributed by atoms with Gasteiger partial charge in [-0.1, -0.05) is 110 Å². The van der Waals surface area contributed by atoms with Crippen molar-refractivity contribution in [2.24, 2.45) is 0 Å². The molecule has 3 nitrogen and oxygen atoms in total. The normalized spacial score (nSPS) is 12.0. The van der Waals surface area contributed by atoms with Crippen LogP contribution in [-0.4, -0.2) is 11.1 Å². The predicted octanol–water partition coefficient (Wildman–Crippen LogP) is 5.50. The lowest BCUT2D eigenvalue weighted by Crippen LogP contribution is -2.23. The molecule has 0 aliphatic carbocycles. The maximum Gasteiger partial charge on any atom is 0.0762 e. The van der Waals surface area contributed by atoms with E-state index in [0.717, 1.165) is 12.8 Å². The molecule has 0 radical (unpaired) electrons. The van der Waals surface area contributed by atoms with E-state index < -0.39 is 7.94 Å². The summed E-state index contributed by atoms with van der Waals surface area (Å²) in [6.45, 7) is 2.27. The van der Waals surface area contributed by atoms with Gasteiger partial charge in [0, 0.05) is 7.94 Å². The summed E-state index contributed by atoms with van der Waals surface area (Å²) in [6.07, 6.45) is 23.2. The molecule has 0 amide bonds. The van der Waals surface area contributed by atoms with Crippen LogP contribution in [0.2, 0.25) is 0 Å². The summed E-state index contributed by atoms with van der Waals surface area (Å²) in [5, 5.41) is 0. The summed E-state index contributed by atoms with van der Waals surface area (Å²) >= 11 is 0. The SMILES string of the molecule is CCCCCCCCCCCCCCCCCCCC[P+]([O-])([O-])O. The Labute approximate surface area is 151 Å². The van der Waals surface area contributed by atoms with E-state index in [1.807, 2.05) is 0 Å². The standard InChI is InChI=1S/C20H43O3P/c1-2-3-4-5-6-7-8-9-10-11-12-13-14-15-16-17-18-19-20-24(21,22)23/h2-20H2,1H3,(H2,21,22,23)/p-1. The van der Waals surface area contributed by atoms with Crippen LogP contribution in [0.5, 0.6) is 0 Å². The van der Waals surface area contributed by atoms with Crippen LogP contribution in [0.3, 0.4) is 0 Å². The van der Waals surface area contributed by atoms with Crippen molar-refractivity contribution in [3.05, 3.63) is 0 Å². The highest BCUT2D eigenvalue weighted by Crippen LogP contribution is 2.34. The third-order valence-electron chi connectivity index (χ3n) is 4.79. The Bertz CT molecular complexity index is 242. The summed E-state index contributed by atoms with van der Waals surface area (Å²) < 4.78 is 0. The van der Waals surface area contributed by atoms with Crippen LogP contribution in [0, 0.1) is 0 Å². The Balaban J connectivity index is 3.00. The first-order valence-electron chi connectivity index (χ1n) is 10.6. The molecule has 0 saturated carbocycles. The minimum atomic E-state index is -4.01. The van der Waals surface area contributed by atoms with Crippen molar-refractivity contribution in [2.75, 3.05) is 6.16 Å². The maximum absolute atomic E-state index is 10.6. The number of rotatable bonds is 19. The summed E-state index contributed by atoms with van der Waals surface area (Å²) in [4.78, 5) is 29.8. The van der Waals surface area contributed by atoms with Crippen molar-refractivity contribution in [3.8, 4) is 0 Å². The van der Waals surface area contributed by atoms with Gasteiger partial charge in [0.15, 0.2) is 0 Å². The van der Waals surface area contributed by atoms with Gasteiger partial charge in [0.2, 0.25) is 0 Å². The van der Waals surface area contributed by atoms with Gasteiger partial charge in [-0.05, 0) is 12.8 Å². The molecule has 1 N–H and O–H groups in total. The highest BCUT2D eigenvalue weighted by atomic mass is 31.2. The number of hydrogen-bond donors (Lipinski definition) is 1.